The van der Waals surface area contributed by atoms with Crippen LogP contribution in [0.2, 0.25) is 0 Å². The molecular weight excluding hydrogens is 252 g/mol. The summed E-state index contributed by atoms with van der Waals surface area (Å²) < 4.78 is 6.04. The number of rotatable bonds is 3. The zero-order valence-electron chi connectivity index (χ0n) is 12.5. The number of benzene rings is 1. The fraction of sp³-hybridized carbons (Fsp3) is 0.562. The largest absolute Gasteiger partial charge is 0.490 e. The van der Waals surface area contributed by atoms with Crippen LogP contribution >= 0.6 is 0 Å². The summed E-state index contributed by atoms with van der Waals surface area (Å²) in [6.07, 6.45) is 4.52. The second kappa shape index (κ2) is 5.73. The third-order valence-corrected chi connectivity index (χ3v) is 4.06. The molecular formula is C16H24N2O2. The van der Waals surface area contributed by atoms with E-state index >= 15 is 0 Å². The molecule has 0 aliphatic heterocycles. The van der Waals surface area contributed by atoms with Crippen molar-refractivity contribution in [1.29, 1.82) is 0 Å². The molecule has 0 aromatic heterocycles. The van der Waals surface area contributed by atoms with Crippen LogP contribution in [0.1, 0.15) is 49.9 Å². The third-order valence-electron chi connectivity index (χ3n) is 4.06. The first-order valence-corrected chi connectivity index (χ1v) is 7.19. The van der Waals surface area contributed by atoms with E-state index in [0.717, 1.165) is 25.7 Å². The highest BCUT2D eigenvalue weighted by Crippen LogP contribution is 2.37. The minimum absolute atomic E-state index is 0.142. The predicted octanol–water partition coefficient (Wildman–Crippen LogP) is 2.98. The first-order valence-electron chi connectivity index (χ1n) is 7.19. The minimum atomic E-state index is -0.142. The van der Waals surface area contributed by atoms with Crippen molar-refractivity contribution in [2.24, 2.45) is 5.41 Å². The monoisotopic (exact) mass is 276 g/mol. The van der Waals surface area contributed by atoms with Crippen molar-refractivity contribution in [3.05, 3.63) is 23.8 Å². The summed E-state index contributed by atoms with van der Waals surface area (Å²) in [5.74, 6) is 0.449. The topological polar surface area (TPSA) is 64.4 Å². The molecule has 1 aliphatic rings. The van der Waals surface area contributed by atoms with Crippen molar-refractivity contribution in [3.8, 4) is 5.75 Å². The quantitative estimate of drug-likeness (QED) is 0.834. The number of carbonyl (C=O) groups is 1. The molecule has 110 valence electrons. The van der Waals surface area contributed by atoms with Gasteiger partial charge in [-0.15, -0.1) is 0 Å². The Morgan fingerprint density at radius 3 is 2.60 bits per heavy atom. The summed E-state index contributed by atoms with van der Waals surface area (Å²) in [4.78, 5) is 11.9. The zero-order valence-corrected chi connectivity index (χ0v) is 12.5. The maximum Gasteiger partial charge on any atom is 0.254 e. The molecule has 0 unspecified atom stereocenters. The molecule has 0 spiro atoms. The summed E-state index contributed by atoms with van der Waals surface area (Å²) >= 11 is 0. The number of ether oxygens (including phenoxy) is 1. The summed E-state index contributed by atoms with van der Waals surface area (Å²) in [6.45, 7) is 4.58. The smallest absolute Gasteiger partial charge is 0.254 e. The molecule has 1 aromatic carbocycles. The number of nitrogens with one attached hydrogen (secondary N) is 1. The SMILES string of the molecule is CNC(=O)c1ccc(N)cc1OC1CCC(C)(C)CC1. The van der Waals surface area contributed by atoms with Crippen molar-refractivity contribution >= 4 is 11.6 Å². The van der Waals surface area contributed by atoms with E-state index in [1.807, 2.05) is 0 Å². The highest BCUT2D eigenvalue weighted by atomic mass is 16.5. The Kier molecular flexibility index (Phi) is 4.21. The maximum atomic E-state index is 11.9. The van der Waals surface area contributed by atoms with Crippen LogP contribution in [0.5, 0.6) is 5.75 Å². The summed E-state index contributed by atoms with van der Waals surface area (Å²) in [6, 6.07) is 5.18. The fourth-order valence-corrected chi connectivity index (χ4v) is 2.63. The van der Waals surface area contributed by atoms with Crippen LogP contribution in [0.15, 0.2) is 18.2 Å². The minimum Gasteiger partial charge on any atom is -0.490 e. The number of anilines is 1. The number of hydrogen-bond acceptors (Lipinski definition) is 3. The van der Waals surface area contributed by atoms with Gasteiger partial charge in [0.25, 0.3) is 5.91 Å². The lowest BCUT2D eigenvalue weighted by Crippen LogP contribution is -2.29. The van der Waals surface area contributed by atoms with Gasteiger partial charge in [0.2, 0.25) is 0 Å². The van der Waals surface area contributed by atoms with Gasteiger partial charge in [-0.25, -0.2) is 0 Å². The molecule has 0 heterocycles. The Balaban J connectivity index is 2.12. The van der Waals surface area contributed by atoms with Crippen molar-refractivity contribution < 1.29 is 9.53 Å². The Morgan fingerprint density at radius 2 is 2.00 bits per heavy atom. The van der Waals surface area contributed by atoms with Gasteiger partial charge in [-0.1, -0.05) is 13.8 Å². The normalized spacial score (nSPS) is 18.6. The highest BCUT2D eigenvalue weighted by molar-refractivity contribution is 5.97. The molecule has 2 rings (SSSR count). The summed E-state index contributed by atoms with van der Waals surface area (Å²) in [5.41, 5.74) is 7.37. The van der Waals surface area contributed by atoms with Crippen molar-refractivity contribution in [1.82, 2.24) is 5.32 Å². The molecule has 4 nitrogen and oxygen atoms in total. The van der Waals surface area contributed by atoms with Crippen LogP contribution in [0, 0.1) is 5.41 Å². The Hall–Kier alpha value is -1.71. The lowest BCUT2D eigenvalue weighted by molar-refractivity contribution is 0.0902. The van der Waals surface area contributed by atoms with Gasteiger partial charge in [0.1, 0.15) is 5.75 Å². The van der Waals surface area contributed by atoms with Crippen molar-refractivity contribution in [3.63, 3.8) is 0 Å². The second-order valence-electron chi connectivity index (χ2n) is 6.32. The standard InChI is InChI=1S/C16H24N2O2/c1-16(2)8-6-12(7-9-16)20-14-10-11(17)4-5-13(14)15(19)18-3/h4-5,10,12H,6-9,17H2,1-3H3,(H,18,19). The molecule has 1 fully saturated rings. The first-order chi connectivity index (χ1) is 9.41. The van der Waals surface area contributed by atoms with Gasteiger partial charge >= 0.3 is 0 Å². The molecule has 1 aromatic rings. The van der Waals surface area contributed by atoms with E-state index in [9.17, 15) is 4.79 Å². The predicted molar refractivity (Wildman–Crippen MR) is 80.9 cm³/mol. The lowest BCUT2D eigenvalue weighted by atomic mass is 9.76. The Morgan fingerprint density at radius 1 is 1.35 bits per heavy atom. The van der Waals surface area contributed by atoms with Crippen LogP contribution in [-0.4, -0.2) is 19.1 Å². The van der Waals surface area contributed by atoms with Gasteiger partial charge in [-0.2, -0.15) is 0 Å². The lowest BCUT2D eigenvalue weighted by Gasteiger charge is -2.34. The van der Waals surface area contributed by atoms with Crippen LogP contribution in [0.3, 0.4) is 0 Å². The molecule has 1 saturated carbocycles. The zero-order chi connectivity index (χ0) is 14.8. The average Bonchev–Trinajstić information content (AvgIpc) is 2.40. The Bertz CT molecular complexity index is 487. The van der Waals surface area contributed by atoms with Gasteiger partial charge in [0, 0.05) is 18.8 Å². The van der Waals surface area contributed by atoms with Crippen LogP contribution in [-0.2, 0) is 0 Å². The summed E-state index contributed by atoms with van der Waals surface area (Å²) in [7, 11) is 1.62. The van der Waals surface area contributed by atoms with Crippen LogP contribution < -0.4 is 15.8 Å². The van der Waals surface area contributed by atoms with E-state index in [1.54, 1.807) is 25.2 Å². The van der Waals surface area contributed by atoms with Crippen molar-refractivity contribution in [2.45, 2.75) is 45.6 Å². The molecule has 20 heavy (non-hydrogen) atoms. The second-order valence-corrected chi connectivity index (χ2v) is 6.32. The number of nitrogens with two attached hydrogens (primary N) is 1. The van der Waals surface area contributed by atoms with E-state index in [0.29, 0.717) is 22.4 Å². The Labute approximate surface area is 120 Å². The fourth-order valence-electron chi connectivity index (χ4n) is 2.63. The van der Waals surface area contributed by atoms with E-state index in [1.165, 1.54) is 0 Å². The van der Waals surface area contributed by atoms with Gasteiger partial charge in [0.15, 0.2) is 0 Å². The molecule has 0 bridgehead atoms. The average molecular weight is 276 g/mol. The molecule has 1 amide bonds. The van der Waals surface area contributed by atoms with E-state index in [2.05, 4.69) is 19.2 Å². The van der Waals surface area contributed by atoms with E-state index < -0.39 is 0 Å². The highest BCUT2D eigenvalue weighted by Gasteiger charge is 2.28. The van der Waals surface area contributed by atoms with E-state index in [-0.39, 0.29) is 12.0 Å². The number of nitrogen functional groups attached to an aromatic ring is 1. The number of hydrogen-bond donors (Lipinski definition) is 2. The van der Waals surface area contributed by atoms with Crippen molar-refractivity contribution in [2.75, 3.05) is 12.8 Å². The number of carbonyl (C=O) groups excluding carboxylic acids is 1. The summed E-state index contributed by atoms with van der Waals surface area (Å²) in [5, 5.41) is 2.63. The molecule has 1 aliphatic carbocycles. The van der Waals surface area contributed by atoms with Gasteiger partial charge < -0.3 is 15.8 Å². The molecule has 0 radical (unpaired) electrons. The van der Waals surface area contributed by atoms with Gasteiger partial charge in [-0.05, 0) is 43.2 Å². The first kappa shape index (κ1) is 14.7. The van der Waals surface area contributed by atoms with Gasteiger partial charge in [0.05, 0.1) is 11.7 Å². The van der Waals surface area contributed by atoms with Crippen LogP contribution in [0.25, 0.3) is 0 Å². The van der Waals surface area contributed by atoms with Gasteiger partial charge in [-0.3, -0.25) is 4.79 Å². The number of amides is 1. The molecule has 0 saturated heterocycles. The molecule has 4 heteroatoms. The molecule has 3 N–H and O–H groups in total. The van der Waals surface area contributed by atoms with Crippen LogP contribution in [0.4, 0.5) is 5.69 Å². The molecule has 0 atom stereocenters. The maximum absolute atomic E-state index is 11.9. The van der Waals surface area contributed by atoms with E-state index in [4.69, 9.17) is 10.5 Å². The third kappa shape index (κ3) is 3.44.